The number of nitrogens with zero attached hydrogens (tertiary/aromatic N) is 1. The molecule has 0 spiro atoms. The molecular weight excluding hydrogens is 194 g/mol. The lowest BCUT2D eigenvalue weighted by atomic mass is 10.1. The van der Waals surface area contributed by atoms with Crippen molar-refractivity contribution in [1.82, 2.24) is 5.32 Å². The van der Waals surface area contributed by atoms with E-state index in [1.165, 1.54) is 0 Å². The quantitative estimate of drug-likeness (QED) is 0.672. The average molecular weight is 208 g/mol. The lowest BCUT2D eigenvalue weighted by Gasteiger charge is -2.18. The predicted octanol–water partition coefficient (Wildman–Crippen LogP) is -0.232. The Labute approximate surface area is 88.5 Å². The first-order valence-electron chi connectivity index (χ1n) is 4.51. The van der Waals surface area contributed by atoms with Crippen LogP contribution in [0.1, 0.15) is 5.56 Å². The van der Waals surface area contributed by atoms with E-state index in [1.807, 2.05) is 25.1 Å². The zero-order valence-corrected chi connectivity index (χ0v) is 8.78. The zero-order chi connectivity index (χ0) is 11.4. The smallest absolute Gasteiger partial charge is 0.134 e. The maximum absolute atomic E-state index is 10.3. The number of carboxylic acid groups (broad SMARTS) is 1. The van der Waals surface area contributed by atoms with Crippen LogP contribution >= 0.6 is 0 Å². The van der Waals surface area contributed by atoms with E-state index >= 15 is 0 Å². The first-order valence-corrected chi connectivity index (χ1v) is 4.51. The largest absolute Gasteiger partial charge is 0.530 e. The molecule has 0 unspecified atom stereocenters. The Balaban J connectivity index is 2.91. The predicted molar refractivity (Wildman–Crippen MR) is 57.4 cm³/mol. The molecule has 5 nitrogen and oxygen atoms in total. The van der Waals surface area contributed by atoms with Gasteiger partial charge in [-0.15, -0.1) is 0 Å². The third-order valence-corrected chi connectivity index (χ3v) is 2.01. The van der Waals surface area contributed by atoms with Crippen LogP contribution in [0.4, 0.5) is 16.2 Å². The summed E-state index contributed by atoms with van der Waals surface area (Å²) in [6.45, 7) is 0.195. The summed E-state index contributed by atoms with van der Waals surface area (Å²) in [6, 6.07) is 5.37. The number of rotatable bonds is 3. The van der Waals surface area contributed by atoms with Crippen LogP contribution in [0.5, 0.6) is 0 Å². The molecule has 1 rings (SSSR count). The molecule has 0 fully saturated rings. The highest BCUT2D eigenvalue weighted by molar-refractivity contribution is 5.64. The summed E-state index contributed by atoms with van der Waals surface area (Å²) in [5, 5.41) is 12.5. The minimum absolute atomic E-state index is 0.195. The van der Waals surface area contributed by atoms with E-state index in [2.05, 4.69) is 5.32 Å². The van der Waals surface area contributed by atoms with Crippen molar-refractivity contribution < 1.29 is 9.90 Å². The van der Waals surface area contributed by atoms with Gasteiger partial charge in [-0.2, -0.15) is 0 Å². The average Bonchev–Trinajstić information content (AvgIpc) is 2.14. The topological polar surface area (TPSA) is 81.4 Å². The van der Waals surface area contributed by atoms with Crippen molar-refractivity contribution in [3.63, 3.8) is 0 Å². The maximum Gasteiger partial charge on any atom is 0.134 e. The van der Waals surface area contributed by atoms with Gasteiger partial charge in [0.25, 0.3) is 0 Å². The molecule has 15 heavy (non-hydrogen) atoms. The maximum atomic E-state index is 10.3. The summed E-state index contributed by atoms with van der Waals surface area (Å²) in [5.74, 6) is 0. The number of carbonyl (C=O) groups excluding carboxylic acids is 1. The van der Waals surface area contributed by atoms with E-state index in [9.17, 15) is 9.90 Å². The van der Waals surface area contributed by atoms with Gasteiger partial charge in [0.2, 0.25) is 0 Å². The van der Waals surface area contributed by atoms with E-state index in [0.29, 0.717) is 5.69 Å². The SMILES string of the molecule is CN(C)c1ccc(N)cc1CNC(=O)[O-]. The minimum Gasteiger partial charge on any atom is -0.530 e. The number of hydrogen-bond acceptors (Lipinski definition) is 4. The van der Waals surface area contributed by atoms with Crippen LogP contribution in [0.3, 0.4) is 0 Å². The fourth-order valence-corrected chi connectivity index (χ4v) is 1.35. The fraction of sp³-hybridized carbons (Fsp3) is 0.300. The highest BCUT2D eigenvalue weighted by atomic mass is 16.4. The Morgan fingerprint density at radius 2 is 2.20 bits per heavy atom. The van der Waals surface area contributed by atoms with Crippen molar-refractivity contribution in [3.05, 3.63) is 23.8 Å². The summed E-state index contributed by atoms with van der Waals surface area (Å²) < 4.78 is 0. The van der Waals surface area contributed by atoms with Crippen LogP contribution in [0.2, 0.25) is 0 Å². The molecule has 1 aromatic carbocycles. The Morgan fingerprint density at radius 3 is 2.73 bits per heavy atom. The molecule has 0 heterocycles. The molecule has 5 heteroatoms. The zero-order valence-electron chi connectivity index (χ0n) is 8.78. The lowest BCUT2D eigenvalue weighted by Crippen LogP contribution is -2.36. The summed E-state index contributed by atoms with van der Waals surface area (Å²) in [7, 11) is 3.77. The number of amides is 1. The van der Waals surface area contributed by atoms with E-state index in [-0.39, 0.29) is 6.54 Å². The summed E-state index contributed by atoms with van der Waals surface area (Å²) in [6.07, 6.45) is -1.29. The summed E-state index contributed by atoms with van der Waals surface area (Å²) in [5.41, 5.74) is 7.98. The van der Waals surface area contributed by atoms with Gasteiger partial charge < -0.3 is 25.9 Å². The van der Waals surface area contributed by atoms with E-state index in [0.717, 1.165) is 11.3 Å². The van der Waals surface area contributed by atoms with Crippen molar-refractivity contribution in [2.75, 3.05) is 24.7 Å². The van der Waals surface area contributed by atoms with Crippen LogP contribution in [0.15, 0.2) is 18.2 Å². The number of nitrogens with one attached hydrogen (secondary N) is 1. The van der Waals surface area contributed by atoms with Crippen LogP contribution in [-0.4, -0.2) is 20.2 Å². The van der Waals surface area contributed by atoms with E-state index in [4.69, 9.17) is 5.73 Å². The first kappa shape index (κ1) is 11.2. The van der Waals surface area contributed by atoms with Gasteiger partial charge in [-0.1, -0.05) is 0 Å². The van der Waals surface area contributed by atoms with E-state index in [1.54, 1.807) is 12.1 Å². The molecule has 82 valence electrons. The molecule has 0 aliphatic rings. The van der Waals surface area contributed by atoms with Crippen LogP contribution in [0, 0.1) is 0 Å². The molecule has 1 amide bonds. The summed E-state index contributed by atoms with van der Waals surface area (Å²) in [4.78, 5) is 12.2. The third kappa shape index (κ3) is 3.05. The molecule has 0 aliphatic carbocycles. The van der Waals surface area contributed by atoms with E-state index < -0.39 is 6.09 Å². The molecule has 0 atom stereocenters. The van der Waals surface area contributed by atoms with Gasteiger partial charge in [-0.25, -0.2) is 0 Å². The fourth-order valence-electron chi connectivity index (χ4n) is 1.35. The second-order valence-corrected chi connectivity index (χ2v) is 3.42. The monoisotopic (exact) mass is 208 g/mol. The van der Waals surface area contributed by atoms with Gasteiger partial charge in [0.05, 0.1) is 0 Å². The molecular formula is C10H14N3O2-. The minimum atomic E-state index is -1.29. The van der Waals surface area contributed by atoms with Crippen molar-refractivity contribution in [1.29, 1.82) is 0 Å². The number of benzene rings is 1. The molecule has 0 saturated carbocycles. The molecule has 0 aromatic heterocycles. The molecule has 0 bridgehead atoms. The molecule has 3 N–H and O–H groups in total. The van der Waals surface area contributed by atoms with Crippen molar-refractivity contribution in [3.8, 4) is 0 Å². The number of hydrogen-bond donors (Lipinski definition) is 2. The normalized spacial score (nSPS) is 9.73. The van der Waals surface area contributed by atoms with Gasteiger partial charge in [-0.3, -0.25) is 0 Å². The molecule has 0 saturated heterocycles. The van der Waals surface area contributed by atoms with Gasteiger partial charge in [0.15, 0.2) is 0 Å². The van der Waals surface area contributed by atoms with Gasteiger partial charge in [0, 0.05) is 32.0 Å². The molecule has 0 aliphatic heterocycles. The molecule has 0 radical (unpaired) electrons. The number of carbonyl (C=O) groups is 1. The standard InChI is InChI=1S/C10H15N3O2/c1-13(2)9-4-3-8(11)5-7(9)6-12-10(14)15/h3-5,12H,6,11H2,1-2H3,(H,14,15)/p-1. The second kappa shape index (κ2) is 4.54. The van der Waals surface area contributed by atoms with Crippen LogP contribution in [-0.2, 0) is 6.54 Å². The number of anilines is 2. The van der Waals surface area contributed by atoms with Crippen LogP contribution in [0.25, 0.3) is 0 Å². The van der Waals surface area contributed by atoms with Gasteiger partial charge >= 0.3 is 0 Å². The number of nitrogens with two attached hydrogens (primary N) is 1. The highest BCUT2D eigenvalue weighted by Gasteiger charge is 2.04. The Morgan fingerprint density at radius 1 is 1.53 bits per heavy atom. The lowest BCUT2D eigenvalue weighted by molar-refractivity contribution is -0.251. The Hall–Kier alpha value is -1.91. The Kier molecular flexibility index (Phi) is 3.38. The third-order valence-electron chi connectivity index (χ3n) is 2.01. The van der Waals surface area contributed by atoms with Crippen LogP contribution < -0.4 is 21.1 Å². The van der Waals surface area contributed by atoms with Gasteiger partial charge in [0.1, 0.15) is 6.09 Å². The van der Waals surface area contributed by atoms with Crippen molar-refractivity contribution in [2.24, 2.45) is 0 Å². The number of nitrogen functional groups attached to an aromatic ring is 1. The van der Waals surface area contributed by atoms with Crippen molar-refractivity contribution >= 4 is 17.5 Å². The highest BCUT2D eigenvalue weighted by Crippen LogP contribution is 2.20. The van der Waals surface area contributed by atoms with Gasteiger partial charge in [-0.05, 0) is 23.8 Å². The van der Waals surface area contributed by atoms with Crippen molar-refractivity contribution in [2.45, 2.75) is 6.54 Å². The first-order chi connectivity index (χ1) is 7.00. The second-order valence-electron chi connectivity index (χ2n) is 3.42. The molecule has 1 aromatic rings. The summed E-state index contributed by atoms with van der Waals surface area (Å²) >= 11 is 0. The Bertz CT molecular complexity index is 364.